The number of carboxylic acids is 1. The molecular formula is C12H10N4O2. The first kappa shape index (κ1) is 10.5. The molecule has 2 heterocycles. The van der Waals surface area contributed by atoms with Gasteiger partial charge in [0.2, 0.25) is 0 Å². The maximum atomic E-state index is 10.9. The molecule has 0 fully saturated rings. The van der Waals surface area contributed by atoms with Crippen LogP contribution in [0.3, 0.4) is 0 Å². The number of carboxylic acid groups (broad SMARTS) is 1. The fourth-order valence-electron chi connectivity index (χ4n) is 1.96. The molecule has 6 heteroatoms. The molecule has 0 amide bonds. The summed E-state index contributed by atoms with van der Waals surface area (Å²) in [4.78, 5) is 15.4. The Balaban J connectivity index is 2.25. The molecule has 0 aliphatic carbocycles. The van der Waals surface area contributed by atoms with Crippen molar-refractivity contribution < 1.29 is 9.90 Å². The molecule has 1 aromatic carbocycles. The van der Waals surface area contributed by atoms with Gasteiger partial charge in [0.1, 0.15) is 5.82 Å². The van der Waals surface area contributed by atoms with Crippen LogP contribution in [0.1, 0.15) is 10.4 Å². The second kappa shape index (κ2) is 3.69. The summed E-state index contributed by atoms with van der Waals surface area (Å²) < 4.78 is 1.91. The van der Waals surface area contributed by atoms with E-state index in [1.165, 1.54) is 0 Å². The Labute approximate surface area is 102 Å². The number of aryl methyl sites for hydroxylation is 1. The normalized spacial score (nSPS) is 10.9. The van der Waals surface area contributed by atoms with Crippen molar-refractivity contribution in [2.24, 2.45) is 7.05 Å². The molecule has 0 radical (unpaired) electrons. The lowest BCUT2D eigenvalue weighted by Gasteiger charge is -1.98. The molecule has 90 valence electrons. The maximum absolute atomic E-state index is 10.9. The summed E-state index contributed by atoms with van der Waals surface area (Å²) in [5.41, 5.74) is 2.65. The van der Waals surface area contributed by atoms with E-state index in [1.54, 1.807) is 30.6 Å². The highest BCUT2D eigenvalue weighted by atomic mass is 16.4. The van der Waals surface area contributed by atoms with Crippen LogP contribution in [-0.4, -0.2) is 30.8 Å². The van der Waals surface area contributed by atoms with Gasteiger partial charge in [0, 0.05) is 13.2 Å². The molecule has 0 aliphatic rings. The van der Waals surface area contributed by atoms with Crippen molar-refractivity contribution >= 4 is 17.0 Å². The number of imidazole rings is 1. The van der Waals surface area contributed by atoms with Gasteiger partial charge in [-0.25, -0.2) is 9.78 Å². The minimum atomic E-state index is -0.951. The van der Waals surface area contributed by atoms with E-state index in [4.69, 9.17) is 5.11 Å². The summed E-state index contributed by atoms with van der Waals surface area (Å²) in [6, 6.07) is 4.90. The molecule has 6 nitrogen and oxygen atoms in total. The van der Waals surface area contributed by atoms with E-state index in [2.05, 4.69) is 15.2 Å². The number of carbonyl (C=O) groups is 1. The topological polar surface area (TPSA) is 83.8 Å². The zero-order valence-corrected chi connectivity index (χ0v) is 9.58. The lowest BCUT2D eigenvalue weighted by atomic mass is 10.2. The van der Waals surface area contributed by atoms with Crippen molar-refractivity contribution in [2.45, 2.75) is 0 Å². The Bertz CT molecular complexity index is 728. The Morgan fingerprint density at radius 3 is 2.94 bits per heavy atom. The molecular weight excluding hydrogens is 232 g/mol. The van der Waals surface area contributed by atoms with E-state index < -0.39 is 5.97 Å². The first-order valence-electron chi connectivity index (χ1n) is 5.36. The van der Waals surface area contributed by atoms with Crippen molar-refractivity contribution in [3.8, 4) is 11.4 Å². The number of aromatic amines is 1. The quantitative estimate of drug-likeness (QED) is 0.715. The molecule has 3 aromatic rings. The van der Waals surface area contributed by atoms with Crippen LogP contribution in [0, 0.1) is 0 Å². The van der Waals surface area contributed by atoms with Gasteiger partial charge in [0.25, 0.3) is 0 Å². The smallest absolute Gasteiger partial charge is 0.335 e. The van der Waals surface area contributed by atoms with Crippen molar-refractivity contribution in [1.29, 1.82) is 0 Å². The maximum Gasteiger partial charge on any atom is 0.335 e. The van der Waals surface area contributed by atoms with Crippen molar-refractivity contribution in [2.75, 3.05) is 0 Å². The standard InChI is InChI=1S/C12H10N4O2/c1-16-10-3-2-7(12(17)18)4-9(10)15-11(16)8-5-13-14-6-8/h2-6H,1H3,(H,13,14)(H,17,18). The minimum absolute atomic E-state index is 0.236. The second-order valence-corrected chi connectivity index (χ2v) is 3.99. The Morgan fingerprint density at radius 1 is 1.44 bits per heavy atom. The number of hydrogen-bond donors (Lipinski definition) is 2. The summed E-state index contributed by atoms with van der Waals surface area (Å²) in [5.74, 6) is -0.200. The summed E-state index contributed by atoms with van der Waals surface area (Å²) in [6.07, 6.45) is 3.43. The minimum Gasteiger partial charge on any atom is -0.478 e. The molecule has 2 aromatic heterocycles. The molecule has 18 heavy (non-hydrogen) atoms. The number of H-pyrrole nitrogens is 1. The number of nitrogens with one attached hydrogen (secondary N) is 1. The first-order valence-corrected chi connectivity index (χ1v) is 5.36. The highest BCUT2D eigenvalue weighted by molar-refractivity contribution is 5.93. The second-order valence-electron chi connectivity index (χ2n) is 3.99. The number of aromatic nitrogens is 4. The molecule has 0 spiro atoms. The molecule has 0 bridgehead atoms. The van der Waals surface area contributed by atoms with Crippen LogP contribution in [0.4, 0.5) is 0 Å². The van der Waals surface area contributed by atoms with Crippen LogP contribution < -0.4 is 0 Å². The first-order chi connectivity index (χ1) is 8.66. The van der Waals surface area contributed by atoms with Crippen LogP contribution in [0.15, 0.2) is 30.6 Å². The molecule has 2 N–H and O–H groups in total. The van der Waals surface area contributed by atoms with Gasteiger partial charge in [0.15, 0.2) is 0 Å². The van der Waals surface area contributed by atoms with Crippen LogP contribution in [0.2, 0.25) is 0 Å². The third-order valence-electron chi connectivity index (χ3n) is 2.88. The molecule has 0 atom stereocenters. The monoisotopic (exact) mass is 242 g/mol. The highest BCUT2D eigenvalue weighted by Crippen LogP contribution is 2.23. The Morgan fingerprint density at radius 2 is 2.28 bits per heavy atom. The summed E-state index contributed by atoms with van der Waals surface area (Å²) in [5, 5.41) is 15.6. The van der Waals surface area contributed by atoms with Gasteiger partial charge in [-0.05, 0) is 18.2 Å². The fourth-order valence-corrected chi connectivity index (χ4v) is 1.96. The van der Waals surface area contributed by atoms with Crippen LogP contribution in [-0.2, 0) is 7.05 Å². The van der Waals surface area contributed by atoms with Gasteiger partial charge in [-0.15, -0.1) is 0 Å². The highest BCUT2D eigenvalue weighted by Gasteiger charge is 2.12. The van der Waals surface area contributed by atoms with E-state index in [0.29, 0.717) is 5.52 Å². The summed E-state index contributed by atoms with van der Waals surface area (Å²) in [7, 11) is 1.89. The van der Waals surface area contributed by atoms with Gasteiger partial charge in [-0.2, -0.15) is 5.10 Å². The number of benzene rings is 1. The number of rotatable bonds is 2. The molecule has 0 saturated carbocycles. The van der Waals surface area contributed by atoms with E-state index in [-0.39, 0.29) is 5.56 Å². The van der Waals surface area contributed by atoms with E-state index in [1.807, 2.05) is 11.6 Å². The molecule has 3 rings (SSSR count). The molecule has 0 unspecified atom stereocenters. The summed E-state index contributed by atoms with van der Waals surface area (Å²) in [6.45, 7) is 0. The zero-order valence-electron chi connectivity index (χ0n) is 9.58. The van der Waals surface area contributed by atoms with Crippen LogP contribution in [0.25, 0.3) is 22.4 Å². The fraction of sp³-hybridized carbons (Fsp3) is 0.0833. The average molecular weight is 242 g/mol. The van der Waals surface area contributed by atoms with E-state index in [0.717, 1.165) is 16.9 Å². The summed E-state index contributed by atoms with van der Waals surface area (Å²) >= 11 is 0. The SMILES string of the molecule is Cn1c(-c2cn[nH]c2)nc2cc(C(=O)O)ccc21. The number of fused-ring (bicyclic) bond motifs is 1. The van der Waals surface area contributed by atoms with Gasteiger partial charge in [-0.1, -0.05) is 0 Å². The van der Waals surface area contributed by atoms with E-state index in [9.17, 15) is 4.79 Å². The van der Waals surface area contributed by atoms with E-state index >= 15 is 0 Å². The largest absolute Gasteiger partial charge is 0.478 e. The van der Waals surface area contributed by atoms with Gasteiger partial charge >= 0.3 is 5.97 Å². The van der Waals surface area contributed by atoms with Gasteiger partial charge in [0.05, 0.1) is 28.4 Å². The van der Waals surface area contributed by atoms with Gasteiger partial charge in [-0.3, -0.25) is 5.10 Å². The van der Waals surface area contributed by atoms with Crippen LogP contribution in [0.5, 0.6) is 0 Å². The predicted molar refractivity (Wildman–Crippen MR) is 65.3 cm³/mol. The number of aromatic carboxylic acids is 1. The third kappa shape index (κ3) is 1.46. The molecule has 0 saturated heterocycles. The lowest BCUT2D eigenvalue weighted by Crippen LogP contribution is -1.95. The Kier molecular flexibility index (Phi) is 2.16. The average Bonchev–Trinajstić information content (AvgIpc) is 2.97. The number of hydrogen-bond acceptors (Lipinski definition) is 3. The Hall–Kier alpha value is -2.63. The van der Waals surface area contributed by atoms with Crippen molar-refractivity contribution in [1.82, 2.24) is 19.7 Å². The lowest BCUT2D eigenvalue weighted by molar-refractivity contribution is 0.0697. The zero-order chi connectivity index (χ0) is 12.7. The third-order valence-corrected chi connectivity index (χ3v) is 2.88. The van der Waals surface area contributed by atoms with Crippen LogP contribution >= 0.6 is 0 Å². The van der Waals surface area contributed by atoms with Crippen molar-refractivity contribution in [3.05, 3.63) is 36.2 Å². The molecule has 0 aliphatic heterocycles. The predicted octanol–water partition coefficient (Wildman–Crippen LogP) is 1.66. The van der Waals surface area contributed by atoms with Crippen molar-refractivity contribution in [3.63, 3.8) is 0 Å². The van der Waals surface area contributed by atoms with Gasteiger partial charge < -0.3 is 9.67 Å². The number of nitrogens with zero attached hydrogens (tertiary/aromatic N) is 3.